The van der Waals surface area contributed by atoms with Crippen LogP contribution in [-0.4, -0.2) is 71.8 Å². The van der Waals surface area contributed by atoms with E-state index in [1.807, 2.05) is 47.4 Å². The highest BCUT2D eigenvalue weighted by molar-refractivity contribution is 5.97. The molecule has 0 bridgehead atoms. The molecule has 4 rings (SSSR count). The molecule has 2 aromatic rings. The first-order chi connectivity index (χ1) is 15.5. The molecule has 0 aromatic heterocycles. The molecular formula is C25H29N3O4. The zero-order valence-electron chi connectivity index (χ0n) is 18.4. The van der Waals surface area contributed by atoms with Gasteiger partial charge in [-0.2, -0.15) is 0 Å². The molecule has 2 aliphatic rings. The largest absolute Gasteiger partial charge is 0.491 e. The Bertz CT molecular complexity index is 978. The van der Waals surface area contributed by atoms with E-state index in [1.165, 1.54) is 0 Å². The number of ether oxygens (including phenoxy) is 1. The average molecular weight is 436 g/mol. The number of para-hydroxylation sites is 1. The summed E-state index contributed by atoms with van der Waals surface area (Å²) in [6.45, 7) is 4.60. The minimum Gasteiger partial charge on any atom is -0.491 e. The molecule has 2 heterocycles. The number of hydrogen-bond donors (Lipinski definition) is 0. The van der Waals surface area contributed by atoms with Crippen molar-refractivity contribution >= 4 is 17.7 Å². The lowest BCUT2D eigenvalue weighted by Gasteiger charge is -2.41. The van der Waals surface area contributed by atoms with Gasteiger partial charge in [-0.05, 0) is 24.1 Å². The molecule has 2 aromatic carbocycles. The van der Waals surface area contributed by atoms with Crippen molar-refractivity contribution in [2.75, 3.05) is 39.3 Å². The first-order valence-corrected chi connectivity index (χ1v) is 11.2. The summed E-state index contributed by atoms with van der Waals surface area (Å²) in [5.41, 5.74) is 1.52. The molecule has 0 saturated carbocycles. The zero-order chi connectivity index (χ0) is 22.5. The fourth-order valence-corrected chi connectivity index (χ4v) is 4.45. The van der Waals surface area contributed by atoms with E-state index in [1.54, 1.807) is 28.9 Å². The van der Waals surface area contributed by atoms with E-state index in [2.05, 4.69) is 0 Å². The summed E-state index contributed by atoms with van der Waals surface area (Å²) in [7, 11) is 0. The maximum atomic E-state index is 13.4. The summed E-state index contributed by atoms with van der Waals surface area (Å²) in [5.74, 6) is 0.579. The Hall–Kier alpha value is -3.35. The van der Waals surface area contributed by atoms with Crippen molar-refractivity contribution in [3.63, 3.8) is 0 Å². The first kappa shape index (κ1) is 21.9. The third kappa shape index (κ3) is 4.77. The molecule has 0 radical (unpaired) electrons. The minimum absolute atomic E-state index is 0.00569. The van der Waals surface area contributed by atoms with Gasteiger partial charge in [-0.25, -0.2) is 0 Å². The molecule has 2 saturated heterocycles. The number of carbonyl (C=O) groups is 3. The second kappa shape index (κ2) is 9.85. The molecule has 0 spiro atoms. The standard InChI is InChI=1S/C25H29N3O4/c1-19(29)28-15-14-27(18-22(28)20-8-3-2-4-9-20)25(31)21-10-5-6-11-23(21)32-17-16-26-13-7-12-24(26)30/h2-6,8-11,22H,7,12-18H2,1H3. The zero-order valence-corrected chi connectivity index (χ0v) is 18.4. The first-order valence-electron chi connectivity index (χ1n) is 11.2. The number of amides is 3. The molecule has 3 amide bonds. The third-order valence-electron chi connectivity index (χ3n) is 6.16. The van der Waals surface area contributed by atoms with Crippen molar-refractivity contribution in [2.45, 2.75) is 25.8 Å². The molecule has 168 valence electrons. The van der Waals surface area contributed by atoms with Gasteiger partial charge in [0.2, 0.25) is 11.8 Å². The monoisotopic (exact) mass is 435 g/mol. The van der Waals surface area contributed by atoms with E-state index in [0.717, 1.165) is 18.5 Å². The molecule has 1 atom stereocenters. The smallest absolute Gasteiger partial charge is 0.257 e. The van der Waals surface area contributed by atoms with Crippen LogP contribution in [0.1, 0.15) is 41.7 Å². The summed E-state index contributed by atoms with van der Waals surface area (Å²) in [5, 5.41) is 0. The van der Waals surface area contributed by atoms with E-state index >= 15 is 0 Å². The molecular weight excluding hydrogens is 406 g/mol. The van der Waals surface area contributed by atoms with Gasteiger partial charge in [0, 0.05) is 39.5 Å². The molecule has 32 heavy (non-hydrogen) atoms. The van der Waals surface area contributed by atoms with Crippen LogP contribution in [0.25, 0.3) is 0 Å². The Morgan fingerprint density at radius 3 is 2.47 bits per heavy atom. The summed E-state index contributed by atoms with van der Waals surface area (Å²) in [4.78, 5) is 42.9. The van der Waals surface area contributed by atoms with Gasteiger partial charge in [0.05, 0.1) is 18.2 Å². The molecule has 2 aliphatic heterocycles. The second-order valence-corrected chi connectivity index (χ2v) is 8.22. The summed E-state index contributed by atoms with van der Waals surface area (Å²) in [6, 6.07) is 16.9. The van der Waals surface area contributed by atoms with Crippen LogP contribution in [0.5, 0.6) is 5.75 Å². The quantitative estimate of drug-likeness (QED) is 0.700. The van der Waals surface area contributed by atoms with Gasteiger partial charge < -0.3 is 19.4 Å². The van der Waals surface area contributed by atoms with Crippen molar-refractivity contribution in [3.8, 4) is 5.75 Å². The Kier molecular flexibility index (Phi) is 6.73. The van der Waals surface area contributed by atoms with Crippen LogP contribution in [-0.2, 0) is 9.59 Å². The second-order valence-electron chi connectivity index (χ2n) is 8.22. The van der Waals surface area contributed by atoms with Crippen LogP contribution in [0.2, 0.25) is 0 Å². The average Bonchev–Trinajstić information content (AvgIpc) is 3.23. The third-order valence-corrected chi connectivity index (χ3v) is 6.16. The highest BCUT2D eigenvalue weighted by Gasteiger charge is 2.33. The molecule has 0 aliphatic carbocycles. The van der Waals surface area contributed by atoms with Gasteiger partial charge in [-0.3, -0.25) is 14.4 Å². The number of likely N-dealkylation sites (tertiary alicyclic amines) is 1. The van der Waals surface area contributed by atoms with Gasteiger partial charge in [0.25, 0.3) is 5.91 Å². The van der Waals surface area contributed by atoms with Gasteiger partial charge in [-0.1, -0.05) is 42.5 Å². The van der Waals surface area contributed by atoms with Crippen molar-refractivity contribution in [3.05, 3.63) is 65.7 Å². The fourth-order valence-electron chi connectivity index (χ4n) is 4.45. The lowest BCUT2D eigenvalue weighted by molar-refractivity contribution is -0.133. The maximum Gasteiger partial charge on any atom is 0.257 e. The summed E-state index contributed by atoms with van der Waals surface area (Å²) >= 11 is 0. The lowest BCUT2D eigenvalue weighted by atomic mass is 10.0. The van der Waals surface area contributed by atoms with Crippen LogP contribution in [0.4, 0.5) is 0 Å². The van der Waals surface area contributed by atoms with Crippen molar-refractivity contribution < 1.29 is 19.1 Å². The van der Waals surface area contributed by atoms with Crippen LogP contribution < -0.4 is 4.74 Å². The van der Waals surface area contributed by atoms with E-state index < -0.39 is 0 Å². The van der Waals surface area contributed by atoms with Crippen LogP contribution in [0.15, 0.2) is 54.6 Å². The Labute approximate surface area is 188 Å². The molecule has 7 nitrogen and oxygen atoms in total. The lowest BCUT2D eigenvalue weighted by Crippen LogP contribution is -2.51. The van der Waals surface area contributed by atoms with E-state index in [9.17, 15) is 14.4 Å². The Morgan fingerprint density at radius 2 is 1.75 bits per heavy atom. The molecule has 1 unspecified atom stereocenters. The molecule has 7 heteroatoms. The number of piperazine rings is 1. The van der Waals surface area contributed by atoms with Crippen LogP contribution in [0.3, 0.4) is 0 Å². The van der Waals surface area contributed by atoms with Gasteiger partial charge >= 0.3 is 0 Å². The van der Waals surface area contributed by atoms with E-state index in [4.69, 9.17) is 4.74 Å². The topological polar surface area (TPSA) is 70.2 Å². The number of benzene rings is 2. The highest BCUT2D eigenvalue weighted by Crippen LogP contribution is 2.28. The van der Waals surface area contributed by atoms with Gasteiger partial charge in [0.15, 0.2) is 0 Å². The van der Waals surface area contributed by atoms with Gasteiger partial charge in [0.1, 0.15) is 12.4 Å². The van der Waals surface area contributed by atoms with E-state index in [0.29, 0.717) is 50.5 Å². The van der Waals surface area contributed by atoms with Crippen LogP contribution >= 0.6 is 0 Å². The molecule has 0 N–H and O–H groups in total. The predicted molar refractivity (Wildman–Crippen MR) is 120 cm³/mol. The number of carbonyl (C=O) groups excluding carboxylic acids is 3. The summed E-state index contributed by atoms with van der Waals surface area (Å²) in [6.07, 6.45) is 1.49. The number of hydrogen-bond acceptors (Lipinski definition) is 4. The fraction of sp³-hybridized carbons (Fsp3) is 0.400. The Morgan fingerprint density at radius 1 is 1.00 bits per heavy atom. The van der Waals surface area contributed by atoms with Gasteiger partial charge in [-0.15, -0.1) is 0 Å². The minimum atomic E-state index is -0.180. The van der Waals surface area contributed by atoms with Crippen molar-refractivity contribution in [1.82, 2.24) is 14.7 Å². The highest BCUT2D eigenvalue weighted by atomic mass is 16.5. The Balaban J connectivity index is 1.46. The normalized spacial score (nSPS) is 18.7. The van der Waals surface area contributed by atoms with Crippen molar-refractivity contribution in [1.29, 1.82) is 0 Å². The van der Waals surface area contributed by atoms with Crippen LogP contribution in [0, 0.1) is 0 Å². The SMILES string of the molecule is CC(=O)N1CCN(C(=O)c2ccccc2OCCN2CCCC2=O)CC1c1ccccc1. The maximum absolute atomic E-state index is 13.4. The predicted octanol–water partition coefficient (Wildman–Crippen LogP) is 2.73. The number of nitrogens with zero attached hydrogens (tertiary/aromatic N) is 3. The van der Waals surface area contributed by atoms with Crippen molar-refractivity contribution in [2.24, 2.45) is 0 Å². The number of rotatable bonds is 6. The summed E-state index contributed by atoms with van der Waals surface area (Å²) < 4.78 is 5.92. The molecule has 2 fully saturated rings. The van der Waals surface area contributed by atoms with E-state index in [-0.39, 0.29) is 23.8 Å².